The lowest BCUT2D eigenvalue weighted by Crippen LogP contribution is -2.33. The van der Waals surface area contributed by atoms with Crippen molar-refractivity contribution < 1.29 is 17.9 Å². The van der Waals surface area contributed by atoms with Gasteiger partial charge in [0.2, 0.25) is 10.0 Å². The summed E-state index contributed by atoms with van der Waals surface area (Å²) >= 11 is 12.1. The summed E-state index contributed by atoms with van der Waals surface area (Å²) < 4.78 is 38.7. The first-order chi connectivity index (χ1) is 13.7. The van der Waals surface area contributed by atoms with Crippen molar-refractivity contribution in [3.63, 3.8) is 0 Å². The second kappa shape index (κ2) is 10.5. The van der Waals surface area contributed by atoms with Gasteiger partial charge in [-0.2, -0.15) is 4.31 Å². The molecule has 0 aromatic heterocycles. The van der Waals surface area contributed by atoms with Gasteiger partial charge in [0.15, 0.2) is 11.5 Å². The van der Waals surface area contributed by atoms with E-state index >= 15 is 0 Å². The molecule has 6 nitrogen and oxygen atoms in total. The second-order valence-corrected chi connectivity index (χ2v) is 9.51. The minimum absolute atomic E-state index is 0.139. The van der Waals surface area contributed by atoms with Gasteiger partial charge in [0, 0.05) is 19.2 Å². The Hall–Kier alpha value is -1.51. The van der Waals surface area contributed by atoms with E-state index in [1.54, 1.807) is 24.3 Å². The Morgan fingerprint density at radius 1 is 0.897 bits per heavy atom. The molecular weight excluding hydrogens is 435 g/mol. The number of sulfonamides is 1. The van der Waals surface area contributed by atoms with Gasteiger partial charge in [-0.05, 0) is 56.9 Å². The van der Waals surface area contributed by atoms with Crippen molar-refractivity contribution in [1.29, 1.82) is 0 Å². The molecule has 0 unspecified atom stereocenters. The van der Waals surface area contributed by atoms with Crippen LogP contribution in [0.2, 0.25) is 10.0 Å². The van der Waals surface area contributed by atoms with Crippen LogP contribution in [0, 0.1) is 0 Å². The van der Waals surface area contributed by atoms with E-state index < -0.39 is 10.0 Å². The average Bonchev–Trinajstić information content (AvgIpc) is 2.69. The van der Waals surface area contributed by atoms with Crippen LogP contribution in [0.15, 0.2) is 41.3 Å². The molecule has 0 aliphatic rings. The zero-order chi connectivity index (χ0) is 21.6. The third-order valence-electron chi connectivity index (χ3n) is 4.35. The van der Waals surface area contributed by atoms with Gasteiger partial charge in [-0.15, -0.1) is 0 Å². The van der Waals surface area contributed by atoms with Crippen LogP contribution in [0.3, 0.4) is 0 Å². The maximum atomic E-state index is 13.4. The molecule has 9 heteroatoms. The van der Waals surface area contributed by atoms with Crippen LogP contribution in [0.5, 0.6) is 11.5 Å². The summed E-state index contributed by atoms with van der Waals surface area (Å²) in [4.78, 5) is 2.15. The zero-order valence-electron chi connectivity index (χ0n) is 17.0. The van der Waals surface area contributed by atoms with E-state index in [1.807, 2.05) is 19.0 Å². The van der Waals surface area contributed by atoms with Crippen molar-refractivity contribution in [3.05, 3.63) is 52.0 Å². The molecule has 2 rings (SSSR count). The minimum atomic E-state index is -3.77. The van der Waals surface area contributed by atoms with Gasteiger partial charge in [-0.1, -0.05) is 29.3 Å². The topological polar surface area (TPSA) is 59.1 Å². The predicted octanol–water partition coefficient (Wildman–Crippen LogP) is 4.15. The standard InChI is InChI=1S/C20H26Cl2N2O4S/c1-23(2)10-5-11-24(14-15-6-8-17(21)18(22)12-15)29(25,26)16-7-9-19(27-3)20(13-16)28-4/h6-9,12-13H,5,10-11,14H2,1-4H3. The summed E-state index contributed by atoms with van der Waals surface area (Å²) in [7, 11) is 3.10. The smallest absolute Gasteiger partial charge is 0.243 e. The highest BCUT2D eigenvalue weighted by Gasteiger charge is 2.26. The minimum Gasteiger partial charge on any atom is -0.493 e. The molecular formula is C20H26Cl2N2O4S. The number of benzene rings is 2. The molecule has 0 bridgehead atoms. The van der Waals surface area contributed by atoms with Gasteiger partial charge in [0.1, 0.15) is 0 Å². The molecule has 0 saturated carbocycles. The summed E-state index contributed by atoms with van der Waals surface area (Å²) in [6.45, 7) is 1.30. The van der Waals surface area contributed by atoms with Crippen LogP contribution in [0.4, 0.5) is 0 Å². The largest absolute Gasteiger partial charge is 0.493 e. The Kier molecular flexibility index (Phi) is 8.60. The lowest BCUT2D eigenvalue weighted by Gasteiger charge is -2.24. The molecule has 0 fully saturated rings. The second-order valence-electron chi connectivity index (χ2n) is 6.76. The summed E-state index contributed by atoms with van der Waals surface area (Å²) in [6.07, 6.45) is 0.681. The summed E-state index contributed by atoms with van der Waals surface area (Å²) in [5.41, 5.74) is 0.758. The quantitative estimate of drug-likeness (QED) is 0.532. The van der Waals surface area contributed by atoms with Crippen LogP contribution in [-0.2, 0) is 16.6 Å². The number of nitrogens with zero attached hydrogens (tertiary/aromatic N) is 2. The van der Waals surface area contributed by atoms with Crippen molar-refractivity contribution in [3.8, 4) is 11.5 Å². The molecule has 0 atom stereocenters. The Morgan fingerprint density at radius 2 is 1.59 bits per heavy atom. The van der Waals surface area contributed by atoms with Gasteiger partial charge in [0.05, 0.1) is 29.2 Å². The number of methoxy groups -OCH3 is 2. The summed E-state index contributed by atoms with van der Waals surface area (Å²) in [5, 5.41) is 0.818. The number of ether oxygens (including phenoxy) is 2. The zero-order valence-corrected chi connectivity index (χ0v) is 19.3. The molecule has 160 valence electrons. The van der Waals surface area contributed by atoms with E-state index in [9.17, 15) is 8.42 Å². The molecule has 0 N–H and O–H groups in total. The molecule has 0 aliphatic heterocycles. The molecule has 0 amide bonds. The first-order valence-corrected chi connectivity index (χ1v) is 11.2. The monoisotopic (exact) mass is 460 g/mol. The SMILES string of the molecule is COc1ccc(S(=O)(=O)N(CCCN(C)C)Cc2ccc(Cl)c(Cl)c2)cc1OC. The van der Waals surface area contributed by atoms with Crippen LogP contribution >= 0.6 is 23.2 Å². The van der Waals surface area contributed by atoms with Crippen molar-refractivity contribution >= 4 is 33.2 Å². The Labute approximate surface area is 183 Å². The fourth-order valence-electron chi connectivity index (χ4n) is 2.82. The van der Waals surface area contributed by atoms with Gasteiger partial charge in [-0.25, -0.2) is 8.42 Å². The number of hydrogen-bond donors (Lipinski definition) is 0. The van der Waals surface area contributed by atoms with Crippen LogP contribution < -0.4 is 9.47 Å². The molecule has 0 spiro atoms. The average molecular weight is 461 g/mol. The van der Waals surface area contributed by atoms with Gasteiger partial charge in [0.25, 0.3) is 0 Å². The number of hydrogen-bond acceptors (Lipinski definition) is 5. The van der Waals surface area contributed by atoms with Crippen molar-refractivity contribution in [2.45, 2.75) is 17.9 Å². The maximum absolute atomic E-state index is 13.4. The molecule has 0 aliphatic carbocycles. The van der Waals surface area contributed by atoms with Gasteiger partial charge in [-0.3, -0.25) is 0 Å². The van der Waals surface area contributed by atoms with Gasteiger partial charge >= 0.3 is 0 Å². The van der Waals surface area contributed by atoms with E-state index in [2.05, 4.69) is 0 Å². The summed E-state index contributed by atoms with van der Waals surface area (Å²) in [5.74, 6) is 0.825. The highest BCUT2D eigenvalue weighted by atomic mass is 35.5. The number of halogens is 2. The Morgan fingerprint density at radius 3 is 2.17 bits per heavy atom. The predicted molar refractivity (Wildman–Crippen MR) is 117 cm³/mol. The maximum Gasteiger partial charge on any atom is 0.243 e. The van der Waals surface area contributed by atoms with Crippen LogP contribution in [0.1, 0.15) is 12.0 Å². The lowest BCUT2D eigenvalue weighted by molar-refractivity contribution is 0.344. The first kappa shape index (κ1) is 23.8. The highest BCUT2D eigenvalue weighted by Crippen LogP contribution is 2.31. The van der Waals surface area contributed by atoms with Gasteiger partial charge < -0.3 is 14.4 Å². The molecule has 2 aromatic rings. The molecule has 29 heavy (non-hydrogen) atoms. The fourth-order valence-corrected chi connectivity index (χ4v) is 4.62. The van der Waals surface area contributed by atoms with Crippen LogP contribution in [0.25, 0.3) is 0 Å². The molecule has 0 radical (unpaired) electrons. The van der Waals surface area contributed by atoms with Crippen LogP contribution in [-0.4, -0.2) is 59.0 Å². The highest BCUT2D eigenvalue weighted by molar-refractivity contribution is 7.89. The first-order valence-electron chi connectivity index (χ1n) is 9.00. The number of rotatable bonds is 10. The third-order valence-corrected chi connectivity index (χ3v) is 6.93. The molecule has 0 heterocycles. The van der Waals surface area contributed by atoms with Crippen molar-refractivity contribution in [1.82, 2.24) is 9.21 Å². The fraction of sp³-hybridized carbons (Fsp3) is 0.400. The van der Waals surface area contributed by atoms with E-state index in [4.69, 9.17) is 32.7 Å². The molecule has 0 saturated heterocycles. The Bertz CT molecular complexity index is 936. The Balaban J connectivity index is 2.38. The van der Waals surface area contributed by atoms with Crippen molar-refractivity contribution in [2.24, 2.45) is 0 Å². The van der Waals surface area contributed by atoms with Crippen molar-refractivity contribution in [2.75, 3.05) is 41.4 Å². The van der Waals surface area contributed by atoms with E-state index in [0.717, 1.165) is 12.1 Å². The lowest BCUT2D eigenvalue weighted by atomic mass is 10.2. The summed E-state index contributed by atoms with van der Waals surface area (Å²) in [6, 6.07) is 9.71. The van der Waals surface area contributed by atoms with E-state index in [-0.39, 0.29) is 11.4 Å². The van der Waals surface area contributed by atoms with E-state index in [1.165, 1.54) is 30.7 Å². The molecule has 2 aromatic carbocycles. The van der Waals surface area contributed by atoms with E-state index in [0.29, 0.717) is 34.5 Å². The third kappa shape index (κ3) is 6.23. The normalized spacial score (nSPS) is 11.9.